The predicted octanol–water partition coefficient (Wildman–Crippen LogP) is 2.80. The molecule has 0 saturated heterocycles. The third-order valence-corrected chi connectivity index (χ3v) is 3.95. The molecule has 120 valence electrons. The van der Waals surface area contributed by atoms with E-state index < -0.39 is 17.4 Å². The molecular weight excluding hydrogens is 272 g/mol. The van der Waals surface area contributed by atoms with Gasteiger partial charge in [0.05, 0.1) is 13.2 Å². The highest BCUT2D eigenvalue weighted by Gasteiger charge is 2.47. The lowest BCUT2D eigenvalue weighted by atomic mass is 9.77. The zero-order valence-corrected chi connectivity index (χ0v) is 13.1. The van der Waals surface area contributed by atoms with E-state index >= 15 is 0 Å². The van der Waals surface area contributed by atoms with Gasteiger partial charge in [-0.15, -0.1) is 0 Å². The fourth-order valence-electron chi connectivity index (χ4n) is 2.78. The van der Waals surface area contributed by atoms with E-state index in [9.17, 15) is 14.4 Å². The third kappa shape index (κ3) is 4.83. The summed E-state index contributed by atoms with van der Waals surface area (Å²) in [7, 11) is 0. The first-order valence-electron chi connectivity index (χ1n) is 7.93. The van der Waals surface area contributed by atoms with Crippen molar-refractivity contribution in [2.24, 2.45) is 5.41 Å². The molecular formula is C16H26O5. The number of carbonyl (C=O) groups is 3. The molecule has 1 rings (SSSR count). The Labute approximate surface area is 126 Å². The average Bonchev–Trinajstić information content (AvgIpc) is 2.46. The van der Waals surface area contributed by atoms with E-state index in [1.807, 2.05) is 0 Å². The van der Waals surface area contributed by atoms with Gasteiger partial charge in [0.2, 0.25) is 0 Å². The Hall–Kier alpha value is -1.39. The van der Waals surface area contributed by atoms with Crippen LogP contribution in [0, 0.1) is 5.41 Å². The van der Waals surface area contributed by atoms with Gasteiger partial charge in [0.25, 0.3) is 0 Å². The van der Waals surface area contributed by atoms with Crippen LogP contribution in [0.25, 0.3) is 0 Å². The summed E-state index contributed by atoms with van der Waals surface area (Å²) in [5.41, 5.74) is -1.19. The number of rotatable bonds is 4. The lowest BCUT2D eigenvalue weighted by molar-refractivity contribution is -0.173. The van der Waals surface area contributed by atoms with E-state index in [0.29, 0.717) is 51.4 Å². The quantitative estimate of drug-likeness (QED) is 0.589. The summed E-state index contributed by atoms with van der Waals surface area (Å²) in [5, 5.41) is 0. The largest absolute Gasteiger partial charge is 0.465 e. The van der Waals surface area contributed by atoms with Gasteiger partial charge in [-0.2, -0.15) is 0 Å². The Bertz CT molecular complexity index is 341. The number of carbonyl (C=O) groups excluding carboxylic acids is 3. The topological polar surface area (TPSA) is 69.7 Å². The number of ketones is 1. The molecule has 1 saturated carbocycles. The molecule has 1 aliphatic carbocycles. The molecule has 0 unspecified atom stereocenters. The van der Waals surface area contributed by atoms with Crippen molar-refractivity contribution in [3.05, 3.63) is 0 Å². The predicted molar refractivity (Wildman–Crippen MR) is 77.6 cm³/mol. The van der Waals surface area contributed by atoms with Crippen molar-refractivity contribution in [3.63, 3.8) is 0 Å². The van der Waals surface area contributed by atoms with E-state index in [1.165, 1.54) is 0 Å². The van der Waals surface area contributed by atoms with Gasteiger partial charge in [0.15, 0.2) is 5.41 Å². The first kappa shape index (κ1) is 17.7. The Kier molecular flexibility index (Phi) is 7.40. The summed E-state index contributed by atoms with van der Waals surface area (Å²) in [5.74, 6) is -0.680. The molecule has 5 heteroatoms. The van der Waals surface area contributed by atoms with Gasteiger partial charge < -0.3 is 9.47 Å². The highest BCUT2D eigenvalue weighted by molar-refractivity contribution is 6.00. The second-order valence-corrected chi connectivity index (χ2v) is 5.48. The minimum atomic E-state index is -1.19. The van der Waals surface area contributed by atoms with E-state index in [2.05, 4.69) is 0 Å². The van der Waals surface area contributed by atoms with E-state index in [4.69, 9.17) is 9.47 Å². The second-order valence-electron chi connectivity index (χ2n) is 5.48. The fraction of sp³-hybridized carbons (Fsp3) is 0.812. The highest BCUT2D eigenvalue weighted by Crippen LogP contribution is 2.35. The van der Waals surface area contributed by atoms with Crippen LogP contribution in [-0.4, -0.2) is 30.9 Å². The van der Waals surface area contributed by atoms with Crippen LogP contribution in [0.3, 0.4) is 0 Å². The molecule has 1 aliphatic rings. The molecule has 1 fully saturated rings. The van der Waals surface area contributed by atoms with Crippen molar-refractivity contribution in [2.75, 3.05) is 13.2 Å². The summed E-state index contributed by atoms with van der Waals surface area (Å²) >= 11 is 0. The van der Waals surface area contributed by atoms with Crippen LogP contribution in [0.2, 0.25) is 0 Å². The maximum absolute atomic E-state index is 12.4. The third-order valence-electron chi connectivity index (χ3n) is 3.95. The van der Waals surface area contributed by atoms with Crippen molar-refractivity contribution >= 4 is 17.7 Å². The summed E-state index contributed by atoms with van der Waals surface area (Å²) in [6.45, 7) is 3.96. The lowest BCUT2D eigenvalue weighted by Gasteiger charge is -2.29. The Morgan fingerprint density at radius 2 is 1.33 bits per heavy atom. The minimum absolute atomic E-state index is 0.248. The van der Waals surface area contributed by atoms with Crippen LogP contribution >= 0.6 is 0 Å². The minimum Gasteiger partial charge on any atom is -0.465 e. The van der Waals surface area contributed by atoms with Crippen molar-refractivity contribution in [3.8, 4) is 0 Å². The Balaban J connectivity index is 2.92. The smallest absolute Gasteiger partial charge is 0.323 e. The number of hydrogen-bond acceptors (Lipinski definition) is 5. The fourth-order valence-corrected chi connectivity index (χ4v) is 2.78. The summed E-state index contributed by atoms with van der Waals surface area (Å²) in [6, 6.07) is 0. The highest BCUT2D eigenvalue weighted by atomic mass is 16.6. The molecule has 0 spiro atoms. The van der Waals surface area contributed by atoms with Crippen molar-refractivity contribution in [2.45, 2.75) is 65.2 Å². The number of Topliss-reactive ketones (excluding diaryl/α,β-unsaturated/α-hetero) is 1. The monoisotopic (exact) mass is 298 g/mol. The van der Waals surface area contributed by atoms with Crippen molar-refractivity contribution in [1.82, 2.24) is 0 Å². The molecule has 0 radical (unpaired) electrons. The van der Waals surface area contributed by atoms with Crippen molar-refractivity contribution in [1.29, 1.82) is 0 Å². The average molecular weight is 298 g/mol. The van der Waals surface area contributed by atoms with Crippen molar-refractivity contribution < 1.29 is 23.9 Å². The number of ether oxygens (including phenoxy) is 2. The van der Waals surface area contributed by atoms with Crippen LogP contribution < -0.4 is 0 Å². The van der Waals surface area contributed by atoms with Crippen LogP contribution in [0.1, 0.15) is 65.2 Å². The molecule has 0 bridgehead atoms. The first-order valence-corrected chi connectivity index (χ1v) is 7.93. The Morgan fingerprint density at radius 3 is 1.71 bits per heavy atom. The van der Waals surface area contributed by atoms with Crippen LogP contribution in [0.15, 0.2) is 0 Å². The van der Waals surface area contributed by atoms with Crippen LogP contribution in [0.5, 0.6) is 0 Å². The van der Waals surface area contributed by atoms with Crippen LogP contribution in [0.4, 0.5) is 0 Å². The molecule has 0 aromatic carbocycles. The SMILES string of the molecule is CCOC(=O)C1(C(=O)OCC)CCCCC(=O)CCCC1. The van der Waals surface area contributed by atoms with E-state index in [1.54, 1.807) is 13.8 Å². The first-order chi connectivity index (χ1) is 10.1. The normalized spacial score (nSPS) is 19.6. The molecule has 0 aliphatic heterocycles. The molecule has 5 nitrogen and oxygen atoms in total. The van der Waals surface area contributed by atoms with Gasteiger partial charge in [-0.3, -0.25) is 14.4 Å². The summed E-state index contributed by atoms with van der Waals surface area (Å²) < 4.78 is 10.3. The van der Waals surface area contributed by atoms with Crippen LogP contribution in [-0.2, 0) is 23.9 Å². The molecule has 21 heavy (non-hydrogen) atoms. The lowest BCUT2D eigenvalue weighted by Crippen LogP contribution is -2.42. The van der Waals surface area contributed by atoms with E-state index in [0.717, 1.165) is 0 Å². The van der Waals surface area contributed by atoms with Gasteiger partial charge in [-0.1, -0.05) is 12.8 Å². The van der Waals surface area contributed by atoms with E-state index in [-0.39, 0.29) is 19.0 Å². The maximum atomic E-state index is 12.4. The molecule has 0 atom stereocenters. The summed E-state index contributed by atoms with van der Waals surface area (Å²) in [6.07, 6.45) is 4.59. The molecule has 0 N–H and O–H groups in total. The Morgan fingerprint density at radius 1 is 0.905 bits per heavy atom. The molecule has 0 aromatic heterocycles. The standard InChI is InChI=1S/C16H26O5/c1-3-20-14(18)16(15(19)21-4-2)11-7-5-9-13(17)10-6-8-12-16/h3-12H2,1-2H3. The zero-order chi connectivity index (χ0) is 15.7. The molecule has 0 amide bonds. The van der Waals surface area contributed by atoms with Gasteiger partial charge in [-0.25, -0.2) is 0 Å². The second kappa shape index (κ2) is 8.80. The van der Waals surface area contributed by atoms with Gasteiger partial charge in [-0.05, 0) is 39.5 Å². The van der Waals surface area contributed by atoms with Gasteiger partial charge >= 0.3 is 11.9 Å². The number of hydrogen-bond donors (Lipinski definition) is 0. The maximum Gasteiger partial charge on any atom is 0.323 e. The van der Waals surface area contributed by atoms with Gasteiger partial charge in [0, 0.05) is 12.8 Å². The number of esters is 2. The zero-order valence-electron chi connectivity index (χ0n) is 13.1. The summed E-state index contributed by atoms with van der Waals surface area (Å²) in [4.78, 5) is 36.3. The molecule has 0 heterocycles. The molecule has 0 aromatic rings. The van der Waals surface area contributed by atoms with Gasteiger partial charge in [0.1, 0.15) is 5.78 Å².